The number of hydrogen-bond donors (Lipinski definition) is 2. The smallest absolute Gasteiger partial charge is 0.173 e. The van der Waals surface area contributed by atoms with Crippen molar-refractivity contribution >= 4 is 32.9 Å². The Hall–Kier alpha value is -1.22. The van der Waals surface area contributed by atoms with Crippen LogP contribution in [-0.4, -0.2) is 75.4 Å². The van der Waals surface area contributed by atoms with Crippen LogP contribution in [0.2, 0.25) is 0 Å². The highest BCUT2D eigenvalue weighted by atomic mass is 32.2. The van der Waals surface area contributed by atoms with Gasteiger partial charge in [-0.15, -0.1) is 0 Å². The van der Waals surface area contributed by atoms with Crippen molar-refractivity contribution in [2.75, 3.05) is 56.2 Å². The Labute approximate surface area is 174 Å². The van der Waals surface area contributed by atoms with E-state index in [0.717, 1.165) is 51.5 Å². The van der Waals surface area contributed by atoms with E-state index in [1.54, 1.807) is 4.90 Å². The zero-order valence-corrected chi connectivity index (χ0v) is 18.5. The number of aryl methyl sites for hydroxylation is 2. The van der Waals surface area contributed by atoms with Gasteiger partial charge in [-0.25, -0.2) is 8.42 Å². The quantitative estimate of drug-likeness (QED) is 0.656. The monoisotopic (exact) mass is 426 g/mol. The topological polar surface area (TPSA) is 63.1 Å². The van der Waals surface area contributed by atoms with E-state index in [-0.39, 0.29) is 17.5 Å². The van der Waals surface area contributed by atoms with Gasteiger partial charge in [-0.05, 0) is 55.7 Å². The molecule has 1 atom stereocenters. The number of sulfone groups is 1. The Morgan fingerprint density at radius 1 is 1.29 bits per heavy atom. The molecule has 1 aromatic rings. The second kappa shape index (κ2) is 9.52. The molecule has 2 heterocycles. The Kier molecular flexibility index (Phi) is 7.31. The molecular weight excluding hydrogens is 394 g/mol. The molecule has 0 saturated carbocycles. The Balaban J connectivity index is 1.64. The second-order valence-electron chi connectivity index (χ2n) is 7.95. The number of nitrogens with zero attached hydrogens (tertiary/aromatic N) is 1. The van der Waals surface area contributed by atoms with Crippen molar-refractivity contribution < 1.29 is 18.1 Å². The number of thiocarbonyl (C=S) groups is 1. The average molecular weight is 427 g/mol. The summed E-state index contributed by atoms with van der Waals surface area (Å²) < 4.78 is 29.5. The van der Waals surface area contributed by atoms with Crippen LogP contribution in [0.5, 0.6) is 0 Å². The average Bonchev–Trinajstić information content (AvgIpc) is 3.02. The van der Waals surface area contributed by atoms with Crippen LogP contribution in [-0.2, 0) is 14.6 Å². The fraction of sp³-hybridized carbons (Fsp3) is 0.650. The minimum absolute atomic E-state index is 0.0313. The van der Waals surface area contributed by atoms with Crippen LogP contribution >= 0.6 is 12.2 Å². The van der Waals surface area contributed by atoms with Gasteiger partial charge in [0.2, 0.25) is 0 Å². The molecule has 6 nitrogen and oxygen atoms in total. The van der Waals surface area contributed by atoms with Crippen LogP contribution in [0.1, 0.15) is 24.0 Å². The van der Waals surface area contributed by atoms with E-state index in [9.17, 15) is 8.42 Å². The maximum atomic E-state index is 12.0. The Bertz CT molecular complexity index is 792. The highest BCUT2D eigenvalue weighted by Gasteiger charge is 2.33. The molecule has 0 amide bonds. The van der Waals surface area contributed by atoms with E-state index >= 15 is 0 Å². The predicted octanol–water partition coefficient (Wildman–Crippen LogP) is 0.795. The highest BCUT2D eigenvalue weighted by Crippen LogP contribution is 2.20. The standard InChI is InChI=1S/C20H31N3O3S2/c1-16-4-5-18(14-17(16)2)21-20(27)23(19-6-13-28(24,25)15-19)8-3-7-22-9-11-26-12-10-22/h4-5,14,19H,3,6-13,15H2,1-2H3,(H,21,27)/p+1/t19-/m0/s1. The molecule has 2 aliphatic heterocycles. The first-order valence-electron chi connectivity index (χ1n) is 10.1. The number of quaternary nitrogens is 1. The fourth-order valence-corrected chi connectivity index (χ4v) is 5.98. The molecule has 2 fully saturated rings. The number of ether oxygens (including phenoxy) is 1. The van der Waals surface area contributed by atoms with Crippen LogP contribution in [0, 0.1) is 13.8 Å². The molecule has 0 aromatic heterocycles. The van der Waals surface area contributed by atoms with Crippen LogP contribution in [0.3, 0.4) is 0 Å². The van der Waals surface area contributed by atoms with Gasteiger partial charge in [0.1, 0.15) is 13.1 Å². The van der Waals surface area contributed by atoms with Crippen molar-refractivity contribution in [3.8, 4) is 0 Å². The molecule has 0 unspecified atom stereocenters. The van der Waals surface area contributed by atoms with Gasteiger partial charge in [0, 0.05) is 24.7 Å². The lowest BCUT2D eigenvalue weighted by molar-refractivity contribution is -0.908. The van der Waals surface area contributed by atoms with Crippen LogP contribution in [0.15, 0.2) is 18.2 Å². The number of morpholine rings is 1. The molecule has 0 aliphatic carbocycles. The van der Waals surface area contributed by atoms with Crippen molar-refractivity contribution in [3.05, 3.63) is 29.3 Å². The first-order chi connectivity index (χ1) is 13.3. The van der Waals surface area contributed by atoms with Crippen molar-refractivity contribution in [2.45, 2.75) is 32.7 Å². The maximum Gasteiger partial charge on any atom is 0.173 e. The van der Waals surface area contributed by atoms with E-state index in [1.165, 1.54) is 11.1 Å². The first-order valence-corrected chi connectivity index (χ1v) is 12.3. The number of benzene rings is 1. The van der Waals surface area contributed by atoms with Crippen molar-refractivity contribution in [3.63, 3.8) is 0 Å². The lowest BCUT2D eigenvalue weighted by Gasteiger charge is -2.32. The molecule has 3 rings (SSSR count). The number of hydrogen-bond acceptors (Lipinski definition) is 4. The van der Waals surface area contributed by atoms with E-state index in [0.29, 0.717) is 11.5 Å². The third kappa shape index (κ3) is 5.89. The van der Waals surface area contributed by atoms with Gasteiger partial charge in [0.05, 0.1) is 31.3 Å². The minimum Gasteiger partial charge on any atom is -0.370 e. The van der Waals surface area contributed by atoms with E-state index in [1.807, 2.05) is 6.07 Å². The molecule has 8 heteroatoms. The largest absolute Gasteiger partial charge is 0.370 e. The van der Waals surface area contributed by atoms with Crippen LogP contribution < -0.4 is 10.2 Å². The van der Waals surface area contributed by atoms with Crippen molar-refractivity contribution in [1.29, 1.82) is 0 Å². The van der Waals surface area contributed by atoms with Gasteiger partial charge in [0.25, 0.3) is 0 Å². The molecule has 0 radical (unpaired) electrons. The summed E-state index contributed by atoms with van der Waals surface area (Å²) in [7, 11) is -2.96. The summed E-state index contributed by atoms with van der Waals surface area (Å²) in [5.74, 6) is 0.460. The molecule has 2 N–H and O–H groups in total. The van der Waals surface area contributed by atoms with Gasteiger partial charge in [0.15, 0.2) is 14.9 Å². The van der Waals surface area contributed by atoms with Gasteiger partial charge in [-0.1, -0.05) is 6.07 Å². The van der Waals surface area contributed by atoms with E-state index < -0.39 is 9.84 Å². The summed E-state index contributed by atoms with van der Waals surface area (Å²) in [5.41, 5.74) is 3.40. The lowest BCUT2D eigenvalue weighted by atomic mass is 10.1. The summed E-state index contributed by atoms with van der Waals surface area (Å²) in [5, 5.41) is 3.97. The summed E-state index contributed by atoms with van der Waals surface area (Å²) in [6, 6.07) is 6.15. The van der Waals surface area contributed by atoms with Crippen LogP contribution in [0.25, 0.3) is 0 Å². The van der Waals surface area contributed by atoms with E-state index in [4.69, 9.17) is 17.0 Å². The number of rotatable bonds is 6. The lowest BCUT2D eigenvalue weighted by Crippen LogP contribution is -3.14. The summed E-state index contributed by atoms with van der Waals surface area (Å²) >= 11 is 5.71. The summed E-state index contributed by atoms with van der Waals surface area (Å²) in [6.07, 6.45) is 1.64. The normalized spacial score (nSPS) is 22.1. The molecular formula is C20H32N3O3S2+. The molecule has 2 aliphatic rings. The molecule has 28 heavy (non-hydrogen) atoms. The SMILES string of the molecule is Cc1ccc(NC(=S)N(CCC[NH+]2CCOCC2)[C@H]2CCS(=O)(=O)C2)cc1C. The van der Waals surface area contributed by atoms with Crippen molar-refractivity contribution in [1.82, 2.24) is 4.90 Å². The number of anilines is 1. The molecule has 0 spiro atoms. The molecule has 2 saturated heterocycles. The molecule has 0 bridgehead atoms. The second-order valence-corrected chi connectivity index (χ2v) is 10.6. The van der Waals surface area contributed by atoms with Gasteiger partial charge >= 0.3 is 0 Å². The zero-order valence-electron chi connectivity index (χ0n) is 16.9. The number of nitrogens with one attached hydrogen (secondary N) is 2. The third-order valence-electron chi connectivity index (χ3n) is 5.80. The van der Waals surface area contributed by atoms with Gasteiger partial charge in [-0.2, -0.15) is 0 Å². The predicted molar refractivity (Wildman–Crippen MR) is 117 cm³/mol. The zero-order chi connectivity index (χ0) is 20.1. The van der Waals surface area contributed by atoms with Crippen molar-refractivity contribution in [2.24, 2.45) is 0 Å². The Morgan fingerprint density at radius 2 is 2.04 bits per heavy atom. The minimum atomic E-state index is -2.96. The molecule has 156 valence electrons. The molecule has 1 aromatic carbocycles. The van der Waals surface area contributed by atoms with E-state index in [2.05, 4.69) is 36.2 Å². The Morgan fingerprint density at radius 3 is 2.68 bits per heavy atom. The fourth-order valence-electron chi connectivity index (χ4n) is 3.90. The summed E-state index contributed by atoms with van der Waals surface area (Å²) in [6.45, 7) is 9.75. The first kappa shape index (κ1) is 21.5. The maximum absolute atomic E-state index is 12.0. The van der Waals surface area contributed by atoms with Gasteiger partial charge < -0.3 is 19.9 Å². The van der Waals surface area contributed by atoms with Gasteiger partial charge in [-0.3, -0.25) is 0 Å². The third-order valence-corrected chi connectivity index (χ3v) is 7.88. The highest BCUT2D eigenvalue weighted by molar-refractivity contribution is 7.91. The summed E-state index contributed by atoms with van der Waals surface area (Å²) in [4.78, 5) is 3.66. The van der Waals surface area contributed by atoms with Crippen LogP contribution in [0.4, 0.5) is 5.69 Å².